The second-order valence-corrected chi connectivity index (χ2v) is 7.65. The van der Waals surface area contributed by atoms with Gasteiger partial charge in [-0.25, -0.2) is 4.39 Å². The molecule has 0 aliphatic carbocycles. The number of alkyl halides is 3. The summed E-state index contributed by atoms with van der Waals surface area (Å²) in [5.41, 5.74) is -0.708. The summed E-state index contributed by atoms with van der Waals surface area (Å²) in [6.07, 6.45) is -3.14. The van der Waals surface area contributed by atoms with Crippen LogP contribution in [0.1, 0.15) is 29.9 Å². The van der Waals surface area contributed by atoms with E-state index >= 15 is 0 Å². The molecule has 0 spiro atoms. The summed E-state index contributed by atoms with van der Waals surface area (Å²) in [7, 11) is 0. The Kier molecular flexibility index (Phi) is 6.23. The number of carbonyl (C=O) groups is 1. The van der Waals surface area contributed by atoms with Crippen molar-refractivity contribution in [2.45, 2.75) is 32.6 Å². The standard InChI is InChI=1S/C18H15BrClF4N5O/c1-9-15(19)16(18(22,23)24)27-29(9)10(2)17(30)25-14-6-7-28(26-14)8-11-12(20)4-3-5-13(11)21/h3-7,10H,8H2,1-2H3,(H,25,26,30). The van der Waals surface area contributed by atoms with Gasteiger partial charge in [0.05, 0.1) is 16.7 Å². The van der Waals surface area contributed by atoms with Gasteiger partial charge in [-0.05, 0) is 41.9 Å². The zero-order valence-corrected chi connectivity index (χ0v) is 18.0. The maximum atomic E-state index is 13.9. The van der Waals surface area contributed by atoms with Crippen LogP contribution in [0.25, 0.3) is 0 Å². The maximum Gasteiger partial charge on any atom is 0.436 e. The monoisotopic (exact) mass is 507 g/mol. The fourth-order valence-electron chi connectivity index (χ4n) is 2.76. The van der Waals surface area contributed by atoms with Gasteiger partial charge in [-0.3, -0.25) is 14.2 Å². The summed E-state index contributed by atoms with van der Waals surface area (Å²) >= 11 is 8.87. The average molecular weight is 509 g/mol. The van der Waals surface area contributed by atoms with Crippen LogP contribution in [0.5, 0.6) is 0 Å². The molecule has 1 N–H and O–H groups in total. The predicted molar refractivity (Wildman–Crippen MR) is 106 cm³/mol. The lowest BCUT2D eigenvalue weighted by atomic mass is 10.2. The van der Waals surface area contributed by atoms with Gasteiger partial charge in [0.1, 0.15) is 11.9 Å². The average Bonchev–Trinajstić information content (AvgIpc) is 3.22. The zero-order chi connectivity index (χ0) is 22.2. The number of rotatable bonds is 5. The summed E-state index contributed by atoms with van der Waals surface area (Å²) in [4.78, 5) is 12.5. The molecule has 2 aromatic heterocycles. The molecule has 2 heterocycles. The fourth-order valence-corrected chi connectivity index (χ4v) is 3.47. The molecule has 0 fully saturated rings. The van der Waals surface area contributed by atoms with E-state index in [1.165, 1.54) is 42.9 Å². The molecule has 0 aliphatic rings. The van der Waals surface area contributed by atoms with Gasteiger partial charge in [0.15, 0.2) is 11.5 Å². The van der Waals surface area contributed by atoms with Gasteiger partial charge >= 0.3 is 6.18 Å². The number of aromatic nitrogens is 4. The molecule has 1 unspecified atom stereocenters. The molecule has 0 radical (unpaired) electrons. The molecular weight excluding hydrogens is 494 g/mol. The molecule has 12 heteroatoms. The molecule has 0 saturated heterocycles. The number of hydrogen-bond donors (Lipinski definition) is 1. The van der Waals surface area contributed by atoms with E-state index in [-0.39, 0.29) is 33.1 Å². The Bertz CT molecular complexity index is 1070. The highest BCUT2D eigenvalue weighted by Crippen LogP contribution is 2.36. The van der Waals surface area contributed by atoms with Crippen LogP contribution >= 0.6 is 27.5 Å². The van der Waals surface area contributed by atoms with E-state index in [0.29, 0.717) is 0 Å². The van der Waals surface area contributed by atoms with Gasteiger partial charge in [0, 0.05) is 22.8 Å². The highest BCUT2D eigenvalue weighted by atomic mass is 79.9. The van der Waals surface area contributed by atoms with E-state index in [1.54, 1.807) is 6.07 Å². The summed E-state index contributed by atoms with van der Waals surface area (Å²) in [6, 6.07) is 4.75. The van der Waals surface area contributed by atoms with Crippen LogP contribution in [0, 0.1) is 12.7 Å². The van der Waals surface area contributed by atoms with Crippen LogP contribution in [0.2, 0.25) is 5.02 Å². The molecule has 0 saturated carbocycles. The van der Waals surface area contributed by atoms with Crippen molar-refractivity contribution in [1.29, 1.82) is 0 Å². The summed E-state index contributed by atoms with van der Waals surface area (Å²) in [5, 5.41) is 10.4. The summed E-state index contributed by atoms with van der Waals surface area (Å²) in [6.45, 7) is 2.87. The van der Waals surface area contributed by atoms with Crippen molar-refractivity contribution in [3.63, 3.8) is 0 Å². The van der Waals surface area contributed by atoms with Crippen LogP contribution in [0.3, 0.4) is 0 Å². The number of carbonyl (C=O) groups excluding carboxylic acids is 1. The Balaban J connectivity index is 1.74. The smallest absolute Gasteiger partial charge is 0.307 e. The second-order valence-electron chi connectivity index (χ2n) is 6.45. The molecule has 1 aromatic carbocycles. The minimum Gasteiger partial charge on any atom is -0.307 e. The Morgan fingerprint density at radius 2 is 2.00 bits per heavy atom. The lowest BCUT2D eigenvalue weighted by Crippen LogP contribution is -2.26. The van der Waals surface area contributed by atoms with Crippen LogP contribution in [0.15, 0.2) is 34.9 Å². The first kappa shape index (κ1) is 22.3. The van der Waals surface area contributed by atoms with Gasteiger partial charge in [0.2, 0.25) is 5.91 Å². The van der Waals surface area contributed by atoms with Crippen LogP contribution < -0.4 is 5.32 Å². The van der Waals surface area contributed by atoms with E-state index in [1.807, 2.05) is 0 Å². The molecule has 3 aromatic rings. The lowest BCUT2D eigenvalue weighted by Gasteiger charge is -2.13. The third-order valence-corrected chi connectivity index (χ3v) is 5.67. The van der Waals surface area contributed by atoms with E-state index in [4.69, 9.17) is 11.6 Å². The molecule has 30 heavy (non-hydrogen) atoms. The van der Waals surface area contributed by atoms with Gasteiger partial charge < -0.3 is 5.32 Å². The Morgan fingerprint density at radius 3 is 2.60 bits per heavy atom. The van der Waals surface area contributed by atoms with E-state index in [0.717, 1.165) is 4.68 Å². The number of nitrogens with one attached hydrogen (secondary N) is 1. The Labute approximate surface area is 181 Å². The normalized spacial score (nSPS) is 12.8. The van der Waals surface area contributed by atoms with Crippen LogP contribution in [-0.2, 0) is 17.5 Å². The highest BCUT2D eigenvalue weighted by molar-refractivity contribution is 9.10. The topological polar surface area (TPSA) is 64.7 Å². The largest absolute Gasteiger partial charge is 0.436 e. The first-order chi connectivity index (χ1) is 14.0. The third-order valence-electron chi connectivity index (χ3n) is 4.37. The van der Waals surface area contributed by atoms with Gasteiger partial charge in [-0.1, -0.05) is 17.7 Å². The zero-order valence-electron chi connectivity index (χ0n) is 15.6. The molecule has 160 valence electrons. The molecule has 0 aliphatic heterocycles. The molecule has 6 nitrogen and oxygen atoms in total. The van der Waals surface area contributed by atoms with Gasteiger partial charge in [0.25, 0.3) is 0 Å². The van der Waals surface area contributed by atoms with E-state index in [2.05, 4.69) is 31.4 Å². The number of amides is 1. The first-order valence-corrected chi connectivity index (χ1v) is 9.75. The molecule has 0 bridgehead atoms. The van der Waals surface area contributed by atoms with Crippen LogP contribution in [-0.4, -0.2) is 25.5 Å². The van der Waals surface area contributed by atoms with E-state index < -0.39 is 29.6 Å². The molecule has 1 atom stereocenters. The van der Waals surface area contributed by atoms with Gasteiger partial charge in [-0.15, -0.1) is 0 Å². The number of nitrogens with zero attached hydrogens (tertiary/aromatic N) is 4. The number of halogens is 6. The second kappa shape index (κ2) is 8.38. The minimum absolute atomic E-state index is 0.0388. The number of hydrogen-bond acceptors (Lipinski definition) is 3. The number of anilines is 1. The van der Waals surface area contributed by atoms with Crippen molar-refractivity contribution in [2.75, 3.05) is 5.32 Å². The van der Waals surface area contributed by atoms with Crippen molar-refractivity contribution in [2.24, 2.45) is 0 Å². The summed E-state index contributed by atoms with van der Waals surface area (Å²) in [5.74, 6) is -0.951. The van der Waals surface area contributed by atoms with Crippen molar-refractivity contribution in [3.05, 3.63) is 62.7 Å². The van der Waals surface area contributed by atoms with E-state index in [9.17, 15) is 22.4 Å². The number of benzene rings is 1. The minimum atomic E-state index is -4.65. The van der Waals surface area contributed by atoms with Crippen molar-refractivity contribution < 1.29 is 22.4 Å². The summed E-state index contributed by atoms with van der Waals surface area (Å²) < 4.78 is 55.2. The quantitative estimate of drug-likeness (QED) is 0.481. The fraction of sp³-hybridized carbons (Fsp3) is 0.278. The Morgan fingerprint density at radius 1 is 1.30 bits per heavy atom. The lowest BCUT2D eigenvalue weighted by molar-refractivity contribution is -0.142. The van der Waals surface area contributed by atoms with Crippen molar-refractivity contribution >= 4 is 39.3 Å². The Hall–Kier alpha value is -2.40. The van der Waals surface area contributed by atoms with Gasteiger partial charge in [-0.2, -0.15) is 23.4 Å². The molecule has 3 rings (SSSR count). The molecule has 1 amide bonds. The third kappa shape index (κ3) is 4.51. The van der Waals surface area contributed by atoms with Crippen molar-refractivity contribution in [3.8, 4) is 0 Å². The van der Waals surface area contributed by atoms with Crippen LogP contribution in [0.4, 0.5) is 23.4 Å². The highest BCUT2D eigenvalue weighted by Gasteiger charge is 2.39. The predicted octanol–water partition coefficient (Wildman–Crippen LogP) is 5.21. The maximum absolute atomic E-state index is 13.9. The first-order valence-electron chi connectivity index (χ1n) is 8.58. The SMILES string of the molecule is Cc1c(Br)c(C(F)(F)F)nn1C(C)C(=O)Nc1ccn(Cc2c(F)cccc2Cl)n1. The molecular formula is C18H15BrClF4N5O. The van der Waals surface area contributed by atoms with Crippen molar-refractivity contribution in [1.82, 2.24) is 19.6 Å².